The zero-order valence-corrected chi connectivity index (χ0v) is 9.35. The summed E-state index contributed by atoms with van der Waals surface area (Å²) in [6.45, 7) is 3.87. The minimum absolute atomic E-state index is 0.592. The molecule has 2 fully saturated rings. The molecule has 2 aliphatic rings. The van der Waals surface area contributed by atoms with Gasteiger partial charge in [-0.15, -0.1) is 0 Å². The van der Waals surface area contributed by atoms with Crippen LogP contribution in [0.5, 0.6) is 0 Å². The molecule has 0 radical (unpaired) electrons. The van der Waals surface area contributed by atoms with Crippen LogP contribution in [-0.2, 0) is 15.5 Å². The van der Waals surface area contributed by atoms with Gasteiger partial charge in [0.15, 0.2) is 0 Å². The van der Waals surface area contributed by atoms with Gasteiger partial charge in [0.25, 0.3) is 0 Å². The molecule has 0 bridgehead atoms. The molecule has 4 heteroatoms. The van der Waals surface area contributed by atoms with Gasteiger partial charge in [0.05, 0.1) is 0 Å². The van der Waals surface area contributed by atoms with E-state index in [1.54, 1.807) is 0 Å². The zero-order valence-electron chi connectivity index (χ0n) is 8.54. The summed E-state index contributed by atoms with van der Waals surface area (Å²) in [6, 6.07) is 0. The highest BCUT2D eigenvalue weighted by atomic mass is 32.2. The van der Waals surface area contributed by atoms with Crippen molar-refractivity contribution in [3.8, 4) is 0 Å². The lowest BCUT2D eigenvalue weighted by molar-refractivity contribution is 0.0725. The average molecular weight is 217 g/mol. The molecule has 14 heavy (non-hydrogen) atoms. The van der Waals surface area contributed by atoms with E-state index in [9.17, 15) is 4.21 Å². The number of ether oxygens (including phenoxy) is 1. The van der Waals surface area contributed by atoms with Crippen molar-refractivity contribution in [3.63, 3.8) is 0 Å². The Hall–Kier alpha value is 0.0700. The Kier molecular flexibility index (Phi) is 3.96. The van der Waals surface area contributed by atoms with E-state index in [1.165, 1.54) is 0 Å². The molecule has 2 aliphatic heterocycles. The second-order valence-corrected chi connectivity index (χ2v) is 5.90. The van der Waals surface area contributed by atoms with Crippen molar-refractivity contribution >= 4 is 10.8 Å². The van der Waals surface area contributed by atoms with Gasteiger partial charge in [-0.05, 0) is 24.7 Å². The van der Waals surface area contributed by atoms with Gasteiger partial charge < -0.3 is 10.1 Å². The Labute approximate surface area is 88.0 Å². The van der Waals surface area contributed by atoms with Crippen LogP contribution in [0.1, 0.15) is 12.8 Å². The molecule has 82 valence electrons. The predicted octanol–water partition coefficient (Wildman–Crippen LogP) is 0.381. The van der Waals surface area contributed by atoms with E-state index in [0.717, 1.165) is 50.7 Å². The maximum Gasteiger partial charge on any atom is 0.0469 e. The number of rotatable bonds is 4. The van der Waals surface area contributed by atoms with E-state index in [-0.39, 0.29) is 0 Å². The van der Waals surface area contributed by atoms with Crippen LogP contribution in [0, 0.1) is 11.8 Å². The maximum absolute atomic E-state index is 11.8. The van der Waals surface area contributed by atoms with E-state index in [1.807, 2.05) is 0 Å². The molecule has 0 saturated carbocycles. The molecule has 0 spiro atoms. The second-order valence-electron chi connectivity index (χ2n) is 4.35. The molecule has 0 aromatic rings. The Morgan fingerprint density at radius 3 is 2.36 bits per heavy atom. The van der Waals surface area contributed by atoms with Gasteiger partial charge >= 0.3 is 0 Å². The van der Waals surface area contributed by atoms with Gasteiger partial charge in [0.1, 0.15) is 0 Å². The first-order chi connectivity index (χ1) is 6.84. The molecule has 0 amide bonds. The smallest absolute Gasteiger partial charge is 0.0469 e. The molecule has 1 N–H and O–H groups in total. The summed E-state index contributed by atoms with van der Waals surface area (Å²) in [5.74, 6) is 3.14. The largest absolute Gasteiger partial charge is 0.381 e. The van der Waals surface area contributed by atoms with Crippen LogP contribution in [0.4, 0.5) is 0 Å². The first-order valence-corrected chi connectivity index (χ1v) is 6.97. The highest BCUT2D eigenvalue weighted by molar-refractivity contribution is 7.85. The van der Waals surface area contributed by atoms with Gasteiger partial charge in [-0.25, -0.2) is 0 Å². The SMILES string of the molecule is O=S(CC1CCOCC1)CC1CNC1. The lowest BCUT2D eigenvalue weighted by atomic mass is 10.0. The molecule has 3 nitrogen and oxygen atoms in total. The fourth-order valence-corrected chi connectivity index (χ4v) is 3.73. The first-order valence-electron chi connectivity index (χ1n) is 5.48. The standard InChI is InChI=1S/C10H19NO2S/c12-14(8-10-5-11-6-10)7-9-1-3-13-4-2-9/h9-11H,1-8H2. The van der Waals surface area contributed by atoms with Crippen molar-refractivity contribution < 1.29 is 8.95 Å². The monoisotopic (exact) mass is 217 g/mol. The van der Waals surface area contributed by atoms with E-state index in [4.69, 9.17) is 4.74 Å². The van der Waals surface area contributed by atoms with Crippen LogP contribution in [-0.4, -0.2) is 42.0 Å². The molecule has 2 saturated heterocycles. The quantitative estimate of drug-likeness (QED) is 0.740. The fraction of sp³-hybridized carbons (Fsp3) is 1.00. The molecule has 2 rings (SSSR count). The maximum atomic E-state index is 11.8. The molecule has 0 aromatic heterocycles. The van der Waals surface area contributed by atoms with Gasteiger partial charge in [0, 0.05) is 48.6 Å². The van der Waals surface area contributed by atoms with Crippen molar-refractivity contribution in [1.29, 1.82) is 0 Å². The number of hydrogen-bond acceptors (Lipinski definition) is 3. The molecular formula is C10H19NO2S. The molecule has 1 unspecified atom stereocenters. The van der Waals surface area contributed by atoms with Crippen LogP contribution < -0.4 is 5.32 Å². The van der Waals surface area contributed by atoms with Crippen molar-refractivity contribution in [2.45, 2.75) is 12.8 Å². The molecule has 2 heterocycles. The van der Waals surface area contributed by atoms with Crippen LogP contribution in [0.25, 0.3) is 0 Å². The van der Waals surface area contributed by atoms with Crippen LogP contribution in [0.2, 0.25) is 0 Å². The Morgan fingerprint density at radius 2 is 1.79 bits per heavy atom. The molecule has 0 aromatic carbocycles. The van der Waals surface area contributed by atoms with E-state index < -0.39 is 10.8 Å². The van der Waals surface area contributed by atoms with Crippen molar-refractivity contribution in [2.75, 3.05) is 37.8 Å². The Bertz CT molecular complexity index is 200. The van der Waals surface area contributed by atoms with Gasteiger partial charge in [0.2, 0.25) is 0 Å². The lowest BCUT2D eigenvalue weighted by Crippen LogP contribution is -2.45. The summed E-state index contributed by atoms with van der Waals surface area (Å²) in [6.07, 6.45) is 2.21. The topological polar surface area (TPSA) is 38.3 Å². The van der Waals surface area contributed by atoms with Gasteiger partial charge in [-0.2, -0.15) is 0 Å². The summed E-state index contributed by atoms with van der Waals surface area (Å²) in [5, 5.41) is 3.22. The summed E-state index contributed by atoms with van der Waals surface area (Å²) >= 11 is 0. The minimum atomic E-state index is -0.592. The fourth-order valence-electron chi connectivity index (χ4n) is 1.97. The summed E-state index contributed by atoms with van der Waals surface area (Å²) in [7, 11) is -0.592. The Morgan fingerprint density at radius 1 is 1.14 bits per heavy atom. The molecule has 0 aliphatic carbocycles. The predicted molar refractivity (Wildman–Crippen MR) is 57.8 cm³/mol. The van der Waals surface area contributed by atoms with Crippen LogP contribution in [0.15, 0.2) is 0 Å². The molecular weight excluding hydrogens is 198 g/mol. The highest BCUT2D eigenvalue weighted by Gasteiger charge is 2.22. The minimum Gasteiger partial charge on any atom is -0.381 e. The van der Waals surface area contributed by atoms with Crippen LogP contribution >= 0.6 is 0 Å². The average Bonchev–Trinajstić information content (AvgIpc) is 2.13. The van der Waals surface area contributed by atoms with Crippen molar-refractivity contribution in [3.05, 3.63) is 0 Å². The van der Waals surface area contributed by atoms with E-state index >= 15 is 0 Å². The number of hydrogen-bond donors (Lipinski definition) is 1. The third-order valence-corrected chi connectivity index (χ3v) is 4.74. The summed E-state index contributed by atoms with van der Waals surface area (Å²) < 4.78 is 17.0. The normalized spacial score (nSPS) is 27.1. The highest BCUT2D eigenvalue weighted by Crippen LogP contribution is 2.17. The van der Waals surface area contributed by atoms with Gasteiger partial charge in [-0.3, -0.25) is 4.21 Å². The zero-order chi connectivity index (χ0) is 9.80. The third kappa shape index (κ3) is 3.04. The van der Waals surface area contributed by atoms with Crippen molar-refractivity contribution in [1.82, 2.24) is 5.32 Å². The lowest BCUT2D eigenvalue weighted by Gasteiger charge is -2.28. The van der Waals surface area contributed by atoms with Crippen molar-refractivity contribution in [2.24, 2.45) is 11.8 Å². The number of nitrogens with one attached hydrogen (secondary N) is 1. The van der Waals surface area contributed by atoms with Crippen LogP contribution in [0.3, 0.4) is 0 Å². The van der Waals surface area contributed by atoms with Gasteiger partial charge in [-0.1, -0.05) is 0 Å². The van der Waals surface area contributed by atoms with E-state index in [2.05, 4.69) is 5.32 Å². The summed E-state index contributed by atoms with van der Waals surface area (Å²) in [4.78, 5) is 0. The summed E-state index contributed by atoms with van der Waals surface area (Å²) in [5.41, 5.74) is 0. The second kappa shape index (κ2) is 5.24. The third-order valence-electron chi connectivity index (χ3n) is 3.05. The molecule has 1 atom stereocenters. The van der Waals surface area contributed by atoms with E-state index in [0.29, 0.717) is 11.8 Å². The Balaban J connectivity index is 1.64. The first kappa shape index (κ1) is 10.6.